The maximum Gasteiger partial charge on any atom is 0.303 e. The lowest BCUT2D eigenvalue weighted by Gasteiger charge is -2.06. The van der Waals surface area contributed by atoms with Gasteiger partial charge in [0.2, 0.25) is 0 Å². The zero-order valence-corrected chi connectivity index (χ0v) is 16.1. The molecule has 2 aromatic rings. The summed E-state index contributed by atoms with van der Waals surface area (Å²) in [5, 5.41) is 8.81. The van der Waals surface area contributed by atoms with Gasteiger partial charge in [-0.25, -0.2) is 0 Å². The van der Waals surface area contributed by atoms with Crippen molar-refractivity contribution in [1.82, 2.24) is 0 Å². The van der Waals surface area contributed by atoms with Gasteiger partial charge in [-0.1, -0.05) is 50.1 Å². The molecule has 0 fully saturated rings. The zero-order valence-electron chi connectivity index (χ0n) is 15.2. The van der Waals surface area contributed by atoms with Gasteiger partial charge < -0.3 is 5.11 Å². The second-order valence-electron chi connectivity index (χ2n) is 7.01. The van der Waals surface area contributed by atoms with Crippen molar-refractivity contribution in [1.29, 1.82) is 0 Å². The predicted molar refractivity (Wildman–Crippen MR) is 106 cm³/mol. The van der Waals surface area contributed by atoms with E-state index in [1.807, 2.05) is 18.3 Å². The van der Waals surface area contributed by atoms with Crippen LogP contribution in [0.25, 0.3) is 0 Å². The second kappa shape index (κ2) is 11.1. The van der Waals surface area contributed by atoms with Crippen molar-refractivity contribution in [3.05, 3.63) is 57.8 Å². The van der Waals surface area contributed by atoms with Crippen LogP contribution in [0.1, 0.15) is 60.8 Å². The molecule has 2 rings (SSSR count). The number of aliphatic carboxylic acids is 1. The van der Waals surface area contributed by atoms with Gasteiger partial charge in [0.1, 0.15) is 0 Å². The van der Waals surface area contributed by atoms with E-state index in [1.54, 1.807) is 0 Å². The summed E-state index contributed by atoms with van der Waals surface area (Å²) in [6, 6.07) is 15.2. The van der Waals surface area contributed by atoms with Crippen LogP contribution in [-0.2, 0) is 24.1 Å². The summed E-state index contributed by atoms with van der Waals surface area (Å²) in [6.45, 7) is 2.03. The highest BCUT2D eigenvalue weighted by molar-refractivity contribution is 7.11. The molecule has 0 radical (unpaired) electrons. The third-order valence-corrected chi connectivity index (χ3v) is 5.81. The first kappa shape index (κ1) is 19.7. The number of hydrogen-bond donors (Lipinski definition) is 1. The molecule has 0 aliphatic rings. The van der Waals surface area contributed by atoms with E-state index in [0.717, 1.165) is 12.8 Å². The van der Waals surface area contributed by atoms with E-state index >= 15 is 0 Å². The van der Waals surface area contributed by atoms with Gasteiger partial charge in [0.15, 0.2) is 0 Å². The highest BCUT2D eigenvalue weighted by atomic mass is 32.1. The van der Waals surface area contributed by atoms with Gasteiger partial charge in [0.05, 0.1) is 0 Å². The minimum absolute atomic E-state index is 0.257. The van der Waals surface area contributed by atoms with E-state index in [0.29, 0.717) is 0 Å². The molecule has 1 N–H and O–H groups in total. The van der Waals surface area contributed by atoms with Crippen molar-refractivity contribution >= 4 is 17.3 Å². The van der Waals surface area contributed by atoms with Gasteiger partial charge >= 0.3 is 5.97 Å². The highest BCUT2D eigenvalue weighted by Crippen LogP contribution is 2.22. The maximum atomic E-state index is 10.7. The van der Waals surface area contributed by atoms with E-state index in [-0.39, 0.29) is 12.3 Å². The van der Waals surface area contributed by atoms with Gasteiger partial charge in [-0.15, -0.1) is 11.3 Å². The quantitative estimate of drug-likeness (QED) is 0.463. The van der Waals surface area contributed by atoms with E-state index in [9.17, 15) is 4.79 Å². The summed E-state index contributed by atoms with van der Waals surface area (Å²) < 4.78 is 0. The van der Waals surface area contributed by atoms with E-state index in [2.05, 4.69) is 42.5 Å². The van der Waals surface area contributed by atoms with Crippen LogP contribution in [0.4, 0.5) is 0 Å². The smallest absolute Gasteiger partial charge is 0.303 e. The minimum Gasteiger partial charge on any atom is -0.481 e. The molecule has 0 aliphatic heterocycles. The highest BCUT2D eigenvalue weighted by Gasteiger charge is 2.08. The Bertz CT molecular complexity index is 618. The van der Waals surface area contributed by atoms with Crippen molar-refractivity contribution in [3.63, 3.8) is 0 Å². The van der Waals surface area contributed by atoms with Crippen LogP contribution in [-0.4, -0.2) is 11.1 Å². The number of carboxylic acid groups (broad SMARTS) is 1. The molecule has 1 atom stereocenters. The lowest BCUT2D eigenvalue weighted by molar-refractivity contribution is -0.138. The SMILES string of the molecule is CC(CCc1ccc(CCCCCCc2ccccc2)s1)CC(=O)O. The molecule has 3 heteroatoms. The Balaban J connectivity index is 1.56. The Hall–Kier alpha value is -1.61. The average molecular weight is 359 g/mol. The summed E-state index contributed by atoms with van der Waals surface area (Å²) in [5.41, 5.74) is 1.45. The Morgan fingerprint density at radius 1 is 0.920 bits per heavy atom. The number of carboxylic acids is 1. The largest absolute Gasteiger partial charge is 0.481 e. The number of hydrogen-bond acceptors (Lipinski definition) is 2. The number of benzene rings is 1. The Morgan fingerprint density at radius 3 is 2.24 bits per heavy atom. The predicted octanol–water partition coefficient (Wildman–Crippen LogP) is 6.14. The Morgan fingerprint density at radius 2 is 1.56 bits per heavy atom. The van der Waals surface area contributed by atoms with Gasteiger partial charge in [-0.2, -0.15) is 0 Å². The van der Waals surface area contributed by atoms with Crippen molar-refractivity contribution < 1.29 is 9.90 Å². The molecule has 1 aromatic carbocycles. The van der Waals surface area contributed by atoms with Crippen LogP contribution in [0, 0.1) is 5.92 Å². The first-order valence-corrected chi connectivity index (χ1v) is 10.3. The van der Waals surface area contributed by atoms with Gasteiger partial charge in [0.25, 0.3) is 0 Å². The molecule has 136 valence electrons. The molecule has 2 nitrogen and oxygen atoms in total. The van der Waals surface area contributed by atoms with Crippen molar-refractivity contribution in [2.24, 2.45) is 5.92 Å². The molecule has 0 amide bonds. The fourth-order valence-corrected chi connectivity index (χ4v) is 4.18. The number of unbranched alkanes of at least 4 members (excludes halogenated alkanes) is 3. The van der Waals surface area contributed by atoms with Crippen LogP contribution >= 0.6 is 11.3 Å². The van der Waals surface area contributed by atoms with Crippen LogP contribution < -0.4 is 0 Å². The van der Waals surface area contributed by atoms with Crippen LogP contribution in [0.2, 0.25) is 0 Å². The molecule has 0 bridgehead atoms. The van der Waals surface area contributed by atoms with Crippen molar-refractivity contribution in [3.8, 4) is 0 Å². The van der Waals surface area contributed by atoms with E-state index in [4.69, 9.17) is 5.11 Å². The number of rotatable bonds is 12. The van der Waals surface area contributed by atoms with Gasteiger partial charge in [-0.3, -0.25) is 4.79 Å². The fraction of sp³-hybridized carbons (Fsp3) is 0.500. The third-order valence-electron chi connectivity index (χ3n) is 4.61. The summed E-state index contributed by atoms with van der Waals surface area (Å²) in [4.78, 5) is 13.6. The fourth-order valence-electron chi connectivity index (χ4n) is 3.11. The molecule has 0 saturated carbocycles. The average Bonchev–Trinajstić information content (AvgIpc) is 3.04. The van der Waals surface area contributed by atoms with Crippen molar-refractivity contribution in [2.75, 3.05) is 0 Å². The molecule has 0 aliphatic carbocycles. The first-order valence-electron chi connectivity index (χ1n) is 9.47. The van der Waals surface area contributed by atoms with Crippen molar-refractivity contribution in [2.45, 2.75) is 64.7 Å². The standard InChI is InChI=1S/C22H30O2S/c1-18(17-22(23)24)13-14-21-16-15-20(25-21)12-8-3-2-5-9-19-10-6-4-7-11-19/h4,6-7,10-11,15-16,18H,2-3,5,8-9,12-14,17H2,1H3,(H,23,24). The normalized spacial score (nSPS) is 12.2. The molecule has 25 heavy (non-hydrogen) atoms. The Kier molecular flexibility index (Phi) is 8.75. The first-order chi connectivity index (χ1) is 12.1. The summed E-state index contributed by atoms with van der Waals surface area (Å²) >= 11 is 1.91. The Labute approximate surface area is 155 Å². The van der Waals surface area contributed by atoms with Crippen LogP contribution in [0.3, 0.4) is 0 Å². The van der Waals surface area contributed by atoms with Crippen LogP contribution in [0.15, 0.2) is 42.5 Å². The molecule has 0 spiro atoms. The van der Waals surface area contributed by atoms with Gasteiger partial charge in [-0.05, 0) is 62.1 Å². The third kappa shape index (κ3) is 8.35. The minimum atomic E-state index is -0.688. The topological polar surface area (TPSA) is 37.3 Å². The lowest BCUT2D eigenvalue weighted by atomic mass is 10.0. The number of carbonyl (C=O) groups is 1. The maximum absolute atomic E-state index is 10.7. The molecular formula is C22H30O2S. The molecular weight excluding hydrogens is 328 g/mol. The number of thiophene rings is 1. The van der Waals surface area contributed by atoms with Gasteiger partial charge in [0, 0.05) is 16.2 Å². The molecule has 1 unspecified atom stereocenters. The molecule has 1 aromatic heterocycles. The van der Waals surface area contributed by atoms with Crippen LogP contribution in [0.5, 0.6) is 0 Å². The van der Waals surface area contributed by atoms with E-state index in [1.165, 1.54) is 53.8 Å². The van der Waals surface area contributed by atoms with E-state index < -0.39 is 5.97 Å². The summed E-state index contributed by atoms with van der Waals surface area (Å²) in [7, 11) is 0. The summed E-state index contributed by atoms with van der Waals surface area (Å²) in [6.07, 6.45) is 9.78. The molecule has 0 saturated heterocycles. The number of aryl methyl sites for hydroxylation is 3. The molecule has 1 heterocycles. The summed E-state index contributed by atoms with van der Waals surface area (Å²) in [5.74, 6) is -0.431. The monoisotopic (exact) mass is 358 g/mol. The lowest BCUT2D eigenvalue weighted by Crippen LogP contribution is -2.04. The zero-order chi connectivity index (χ0) is 17.9. The second-order valence-corrected chi connectivity index (χ2v) is 8.26.